The third-order valence-electron chi connectivity index (χ3n) is 4.44. The van der Waals surface area contributed by atoms with E-state index < -0.39 is 36.2 Å². The van der Waals surface area contributed by atoms with Crippen molar-refractivity contribution in [2.45, 2.75) is 37.1 Å². The van der Waals surface area contributed by atoms with Crippen molar-refractivity contribution in [2.75, 3.05) is 18.4 Å². The molecule has 3 rings (SSSR count). The Balaban J connectivity index is 1.75. The Hall–Kier alpha value is -2.09. The number of carbonyl (C=O) groups excluding carboxylic acids is 2. The first-order valence-corrected chi connectivity index (χ1v) is 7.85. The van der Waals surface area contributed by atoms with Gasteiger partial charge in [0.15, 0.2) is 0 Å². The summed E-state index contributed by atoms with van der Waals surface area (Å²) in [6.45, 7) is -0.0522. The van der Waals surface area contributed by atoms with Gasteiger partial charge in [-0.3, -0.25) is 14.9 Å². The highest BCUT2D eigenvalue weighted by Crippen LogP contribution is 2.39. The van der Waals surface area contributed by atoms with Crippen LogP contribution < -0.4 is 16.0 Å². The Kier molecular flexibility index (Phi) is 4.49. The fourth-order valence-corrected chi connectivity index (χ4v) is 3.15. The second-order valence-electron chi connectivity index (χ2n) is 6.16. The van der Waals surface area contributed by atoms with Crippen LogP contribution in [-0.2, 0) is 9.59 Å². The number of carbonyl (C=O) groups is 2. The van der Waals surface area contributed by atoms with Gasteiger partial charge in [-0.1, -0.05) is 6.07 Å². The SMILES string of the molecule is O=C1CCC(Nc2ccc([C@@H]3CCNCC3(F)F)c(F)c2)C(=O)N1. The van der Waals surface area contributed by atoms with Crippen LogP contribution in [0.2, 0.25) is 0 Å². The molecule has 0 aliphatic carbocycles. The fourth-order valence-electron chi connectivity index (χ4n) is 3.15. The predicted octanol–water partition coefficient (Wildman–Crippen LogP) is 1.75. The van der Waals surface area contributed by atoms with Crippen LogP contribution in [0.25, 0.3) is 0 Å². The molecule has 0 aromatic heterocycles. The van der Waals surface area contributed by atoms with Crippen LogP contribution in [0, 0.1) is 5.82 Å². The summed E-state index contributed by atoms with van der Waals surface area (Å²) >= 11 is 0. The van der Waals surface area contributed by atoms with Gasteiger partial charge in [-0.2, -0.15) is 0 Å². The van der Waals surface area contributed by atoms with E-state index in [0.29, 0.717) is 18.7 Å². The lowest BCUT2D eigenvalue weighted by atomic mass is 9.86. The highest BCUT2D eigenvalue weighted by Gasteiger charge is 2.43. The first-order valence-electron chi connectivity index (χ1n) is 7.85. The number of piperidine rings is 2. The minimum absolute atomic E-state index is 0.0182. The van der Waals surface area contributed by atoms with Crippen LogP contribution in [0.3, 0.4) is 0 Å². The lowest BCUT2D eigenvalue weighted by Crippen LogP contribution is -2.47. The van der Waals surface area contributed by atoms with Gasteiger partial charge in [-0.15, -0.1) is 0 Å². The van der Waals surface area contributed by atoms with Crippen molar-refractivity contribution < 1.29 is 22.8 Å². The number of halogens is 3. The van der Waals surface area contributed by atoms with E-state index in [4.69, 9.17) is 0 Å². The number of amides is 2. The molecule has 2 aliphatic rings. The van der Waals surface area contributed by atoms with Crippen LogP contribution in [0.4, 0.5) is 18.9 Å². The van der Waals surface area contributed by atoms with Crippen LogP contribution in [-0.4, -0.2) is 36.9 Å². The van der Waals surface area contributed by atoms with E-state index in [2.05, 4.69) is 16.0 Å². The smallest absolute Gasteiger partial charge is 0.267 e. The standard InChI is InChI=1S/C16H18F3N3O2/c17-12-7-9(21-13-3-4-14(23)22-15(13)24)1-2-10(12)11-5-6-20-8-16(11,18)19/h1-2,7,11,13,20-21H,3-6,8H2,(H,22,23,24)/t11-,13?/m0/s1. The summed E-state index contributed by atoms with van der Waals surface area (Å²) in [4.78, 5) is 22.8. The van der Waals surface area contributed by atoms with Crippen LogP contribution in [0.1, 0.15) is 30.7 Å². The molecule has 2 aliphatic heterocycles. The molecule has 1 aromatic carbocycles. The summed E-state index contributed by atoms with van der Waals surface area (Å²) in [5, 5.41) is 7.65. The second kappa shape index (κ2) is 6.43. The van der Waals surface area contributed by atoms with E-state index in [1.807, 2.05) is 0 Å². The monoisotopic (exact) mass is 341 g/mol. The molecule has 1 unspecified atom stereocenters. The molecule has 0 saturated carbocycles. The Morgan fingerprint density at radius 3 is 2.67 bits per heavy atom. The number of nitrogens with one attached hydrogen (secondary N) is 3. The molecule has 8 heteroatoms. The maximum atomic E-state index is 14.3. The summed E-state index contributed by atoms with van der Waals surface area (Å²) < 4.78 is 42.3. The molecule has 2 fully saturated rings. The maximum absolute atomic E-state index is 14.3. The number of rotatable bonds is 3. The third kappa shape index (κ3) is 3.38. The van der Waals surface area contributed by atoms with E-state index in [0.717, 1.165) is 6.07 Å². The van der Waals surface area contributed by atoms with Gasteiger partial charge in [-0.05, 0) is 37.1 Å². The van der Waals surface area contributed by atoms with E-state index in [1.165, 1.54) is 12.1 Å². The van der Waals surface area contributed by atoms with Crippen LogP contribution >= 0.6 is 0 Å². The van der Waals surface area contributed by atoms with Crippen molar-refractivity contribution in [3.63, 3.8) is 0 Å². The number of alkyl halides is 2. The van der Waals surface area contributed by atoms with Gasteiger partial charge in [0.05, 0.1) is 12.5 Å². The Morgan fingerprint density at radius 1 is 1.21 bits per heavy atom. The van der Waals surface area contributed by atoms with Crippen molar-refractivity contribution in [1.29, 1.82) is 0 Å². The molecule has 24 heavy (non-hydrogen) atoms. The van der Waals surface area contributed by atoms with Gasteiger partial charge < -0.3 is 10.6 Å². The van der Waals surface area contributed by atoms with Gasteiger partial charge in [0.1, 0.15) is 11.9 Å². The highest BCUT2D eigenvalue weighted by molar-refractivity contribution is 6.01. The Bertz CT molecular complexity index is 666. The van der Waals surface area contributed by atoms with Crippen molar-refractivity contribution >= 4 is 17.5 Å². The van der Waals surface area contributed by atoms with Crippen LogP contribution in [0.5, 0.6) is 0 Å². The minimum atomic E-state index is -3.00. The maximum Gasteiger partial charge on any atom is 0.267 e. The molecule has 130 valence electrons. The Labute approximate surface area is 137 Å². The predicted molar refractivity (Wildman–Crippen MR) is 81.4 cm³/mol. The fraction of sp³-hybridized carbons (Fsp3) is 0.500. The van der Waals surface area contributed by atoms with Gasteiger partial charge in [0, 0.05) is 12.1 Å². The van der Waals surface area contributed by atoms with E-state index >= 15 is 0 Å². The van der Waals surface area contributed by atoms with Gasteiger partial charge >= 0.3 is 0 Å². The van der Waals surface area contributed by atoms with Gasteiger partial charge in [0.25, 0.3) is 5.92 Å². The average Bonchev–Trinajstić information content (AvgIpc) is 2.51. The number of hydrogen-bond acceptors (Lipinski definition) is 4. The van der Waals surface area contributed by atoms with Gasteiger partial charge in [0.2, 0.25) is 11.8 Å². The lowest BCUT2D eigenvalue weighted by molar-refractivity contribution is -0.133. The molecule has 2 amide bonds. The third-order valence-corrected chi connectivity index (χ3v) is 4.44. The summed E-state index contributed by atoms with van der Waals surface area (Å²) in [5.41, 5.74) is 0.304. The zero-order valence-corrected chi connectivity index (χ0v) is 12.9. The second-order valence-corrected chi connectivity index (χ2v) is 6.16. The van der Waals surface area contributed by atoms with E-state index in [1.54, 1.807) is 0 Å². The van der Waals surface area contributed by atoms with Crippen LogP contribution in [0.15, 0.2) is 18.2 Å². The molecule has 2 heterocycles. The number of imide groups is 1. The quantitative estimate of drug-likeness (QED) is 0.733. The van der Waals surface area contributed by atoms with E-state index in [9.17, 15) is 22.8 Å². The summed E-state index contributed by atoms with van der Waals surface area (Å²) in [5.74, 6) is -5.70. The zero-order valence-electron chi connectivity index (χ0n) is 12.9. The average molecular weight is 341 g/mol. The molecule has 0 radical (unpaired) electrons. The Morgan fingerprint density at radius 2 is 2.00 bits per heavy atom. The van der Waals surface area contributed by atoms with Crippen molar-refractivity contribution in [2.24, 2.45) is 0 Å². The molecule has 0 bridgehead atoms. The van der Waals surface area contributed by atoms with Gasteiger partial charge in [-0.25, -0.2) is 13.2 Å². The number of anilines is 1. The molecule has 2 atom stereocenters. The first kappa shape index (κ1) is 16.8. The van der Waals surface area contributed by atoms with E-state index in [-0.39, 0.29) is 24.3 Å². The van der Waals surface area contributed by atoms with Crippen molar-refractivity contribution in [3.05, 3.63) is 29.6 Å². The number of benzene rings is 1. The van der Waals surface area contributed by atoms with Crippen molar-refractivity contribution in [1.82, 2.24) is 10.6 Å². The molecule has 3 N–H and O–H groups in total. The molecular weight excluding hydrogens is 323 g/mol. The highest BCUT2D eigenvalue weighted by atomic mass is 19.3. The molecule has 1 aromatic rings. The van der Waals surface area contributed by atoms with Crippen molar-refractivity contribution in [3.8, 4) is 0 Å². The largest absolute Gasteiger partial charge is 0.374 e. The lowest BCUT2D eigenvalue weighted by Gasteiger charge is -2.32. The summed E-state index contributed by atoms with van der Waals surface area (Å²) in [6.07, 6.45) is 0.662. The first-order chi connectivity index (χ1) is 11.4. The molecule has 2 saturated heterocycles. The minimum Gasteiger partial charge on any atom is -0.374 e. The molecule has 0 spiro atoms. The topological polar surface area (TPSA) is 70.2 Å². The zero-order chi connectivity index (χ0) is 17.3. The normalized spacial score (nSPS) is 26.8. The molecular formula is C16H18F3N3O2. The number of hydrogen-bond donors (Lipinski definition) is 3. The summed E-state index contributed by atoms with van der Waals surface area (Å²) in [7, 11) is 0. The molecule has 5 nitrogen and oxygen atoms in total. The summed E-state index contributed by atoms with van der Waals surface area (Å²) in [6, 6.07) is 3.30.